The first kappa shape index (κ1) is 10.1. The second kappa shape index (κ2) is 3.79. The molecule has 0 fully saturated rings. The maximum atomic E-state index is 9.26. The van der Waals surface area contributed by atoms with Gasteiger partial charge in [-0.2, -0.15) is 0 Å². The zero-order chi connectivity index (χ0) is 9.90. The zero-order valence-corrected chi connectivity index (χ0v) is 8.16. The van der Waals surface area contributed by atoms with Crippen LogP contribution in [0.4, 0.5) is 0 Å². The fraction of sp³-hybridized carbons (Fsp3) is 0.455. The molecule has 1 unspecified atom stereocenters. The molecule has 2 heteroatoms. The molecule has 0 amide bonds. The van der Waals surface area contributed by atoms with Crippen molar-refractivity contribution in [2.45, 2.75) is 19.8 Å². The third-order valence-corrected chi connectivity index (χ3v) is 2.49. The number of hydrogen-bond donors (Lipinski definition) is 1. The predicted octanol–water partition coefficient (Wildman–Crippen LogP) is 2.57. The molecule has 0 bridgehead atoms. The molecule has 0 saturated heterocycles. The van der Waals surface area contributed by atoms with Crippen LogP contribution < -0.4 is 0 Å². The Bertz CT molecular complexity index is 260. The number of allylic oxidation sites excluding steroid dienone is 1. The van der Waals surface area contributed by atoms with Crippen LogP contribution in [0, 0.1) is 5.41 Å². The molecule has 0 aliphatic carbocycles. The maximum absolute atomic E-state index is 9.26. The number of aliphatic hydroxyl groups is 1. The highest BCUT2D eigenvalue weighted by molar-refractivity contribution is 5.13. The molecule has 1 atom stereocenters. The molecule has 0 aliphatic heterocycles. The molecule has 1 aromatic heterocycles. The van der Waals surface area contributed by atoms with E-state index in [9.17, 15) is 5.11 Å². The summed E-state index contributed by atoms with van der Waals surface area (Å²) in [7, 11) is 0. The third-order valence-electron chi connectivity index (χ3n) is 2.49. The molecule has 0 aliphatic rings. The van der Waals surface area contributed by atoms with Gasteiger partial charge in [-0.15, -0.1) is 6.58 Å². The summed E-state index contributed by atoms with van der Waals surface area (Å²) < 4.78 is 5.27. The van der Waals surface area contributed by atoms with Crippen molar-refractivity contribution in [1.82, 2.24) is 0 Å². The molecule has 1 heterocycles. The Labute approximate surface area is 78.9 Å². The smallest absolute Gasteiger partial charge is 0.109 e. The quantitative estimate of drug-likeness (QED) is 0.722. The number of aliphatic hydroxyl groups excluding tert-OH is 1. The average Bonchev–Trinajstić information content (AvgIpc) is 2.58. The van der Waals surface area contributed by atoms with Crippen LogP contribution in [0.2, 0.25) is 0 Å². The number of rotatable bonds is 4. The van der Waals surface area contributed by atoms with Crippen molar-refractivity contribution in [2.24, 2.45) is 5.41 Å². The minimum absolute atomic E-state index is 0.0139. The topological polar surface area (TPSA) is 33.4 Å². The maximum Gasteiger partial charge on any atom is 0.109 e. The largest absolute Gasteiger partial charge is 0.469 e. The van der Waals surface area contributed by atoms with Crippen LogP contribution in [0.15, 0.2) is 35.5 Å². The minimum atomic E-state index is -0.146. The van der Waals surface area contributed by atoms with Gasteiger partial charge in [0.1, 0.15) is 5.76 Å². The molecule has 72 valence electrons. The molecule has 13 heavy (non-hydrogen) atoms. The molecule has 2 nitrogen and oxygen atoms in total. The normalized spacial score (nSPS) is 14.1. The molecule has 1 aromatic rings. The highest BCUT2D eigenvalue weighted by atomic mass is 16.3. The van der Waals surface area contributed by atoms with Gasteiger partial charge >= 0.3 is 0 Å². The Kier molecular flexibility index (Phi) is 2.94. The van der Waals surface area contributed by atoms with Gasteiger partial charge in [0.25, 0.3) is 0 Å². The summed E-state index contributed by atoms with van der Waals surface area (Å²) in [6.45, 7) is 7.90. The van der Waals surface area contributed by atoms with E-state index in [1.54, 1.807) is 6.26 Å². The van der Waals surface area contributed by atoms with E-state index < -0.39 is 0 Å². The second-order valence-electron chi connectivity index (χ2n) is 3.78. The van der Waals surface area contributed by atoms with E-state index in [1.165, 1.54) is 0 Å². The molecule has 1 N–H and O–H groups in total. The Morgan fingerprint density at radius 1 is 1.69 bits per heavy atom. The fourth-order valence-corrected chi connectivity index (χ4v) is 1.32. The van der Waals surface area contributed by atoms with Crippen molar-refractivity contribution in [3.05, 3.63) is 36.8 Å². The summed E-state index contributed by atoms with van der Waals surface area (Å²) in [6, 6.07) is 3.71. The monoisotopic (exact) mass is 180 g/mol. The van der Waals surface area contributed by atoms with E-state index in [1.807, 2.05) is 32.1 Å². The van der Waals surface area contributed by atoms with E-state index in [0.717, 1.165) is 5.76 Å². The molecule has 0 saturated carbocycles. The van der Waals surface area contributed by atoms with Crippen molar-refractivity contribution in [2.75, 3.05) is 6.61 Å². The lowest BCUT2D eigenvalue weighted by Gasteiger charge is -2.28. The lowest BCUT2D eigenvalue weighted by atomic mass is 9.78. The second-order valence-corrected chi connectivity index (χ2v) is 3.78. The summed E-state index contributed by atoms with van der Waals surface area (Å²) in [4.78, 5) is 0. The standard InChI is InChI=1S/C11H16O2/c1-4-11(2,3)9(8-12)10-6-5-7-13-10/h4-7,9,12H,1,8H2,2-3H3. The van der Waals surface area contributed by atoms with E-state index in [2.05, 4.69) is 6.58 Å². The van der Waals surface area contributed by atoms with E-state index in [4.69, 9.17) is 4.42 Å². The van der Waals surface area contributed by atoms with Gasteiger partial charge in [-0.05, 0) is 17.5 Å². The van der Waals surface area contributed by atoms with Crippen molar-refractivity contribution < 1.29 is 9.52 Å². The van der Waals surface area contributed by atoms with Crippen molar-refractivity contribution in [3.8, 4) is 0 Å². The summed E-state index contributed by atoms with van der Waals surface area (Å²) in [5.74, 6) is 0.799. The highest BCUT2D eigenvalue weighted by Gasteiger charge is 2.29. The SMILES string of the molecule is C=CC(C)(C)C(CO)c1ccco1. The molecule has 0 aromatic carbocycles. The molecular formula is C11H16O2. The van der Waals surface area contributed by atoms with Gasteiger partial charge in [0, 0.05) is 5.92 Å². The first-order valence-corrected chi connectivity index (χ1v) is 4.39. The average molecular weight is 180 g/mol. The summed E-state index contributed by atoms with van der Waals surface area (Å²) in [6.07, 6.45) is 3.47. The van der Waals surface area contributed by atoms with E-state index in [0.29, 0.717) is 0 Å². The third kappa shape index (κ3) is 2.01. The van der Waals surface area contributed by atoms with Gasteiger partial charge in [-0.3, -0.25) is 0 Å². The van der Waals surface area contributed by atoms with Crippen LogP contribution >= 0.6 is 0 Å². The van der Waals surface area contributed by atoms with Gasteiger partial charge in [0.2, 0.25) is 0 Å². The van der Waals surface area contributed by atoms with Crippen LogP contribution in [0.25, 0.3) is 0 Å². The van der Waals surface area contributed by atoms with Crippen molar-refractivity contribution in [1.29, 1.82) is 0 Å². The number of hydrogen-bond acceptors (Lipinski definition) is 2. The van der Waals surface area contributed by atoms with E-state index >= 15 is 0 Å². The summed E-state index contributed by atoms with van der Waals surface area (Å²) >= 11 is 0. The van der Waals surface area contributed by atoms with Gasteiger partial charge < -0.3 is 9.52 Å². The fourth-order valence-electron chi connectivity index (χ4n) is 1.32. The summed E-state index contributed by atoms with van der Waals surface area (Å²) in [5.41, 5.74) is -0.146. The highest BCUT2D eigenvalue weighted by Crippen LogP contribution is 2.36. The van der Waals surface area contributed by atoms with Crippen molar-refractivity contribution in [3.63, 3.8) is 0 Å². The first-order valence-electron chi connectivity index (χ1n) is 4.39. The molecular weight excluding hydrogens is 164 g/mol. The lowest BCUT2D eigenvalue weighted by Crippen LogP contribution is -2.22. The van der Waals surface area contributed by atoms with Crippen LogP contribution in [-0.4, -0.2) is 11.7 Å². The van der Waals surface area contributed by atoms with Crippen LogP contribution in [0.5, 0.6) is 0 Å². The Morgan fingerprint density at radius 2 is 2.38 bits per heavy atom. The van der Waals surface area contributed by atoms with Gasteiger partial charge in [0.15, 0.2) is 0 Å². The number of furan rings is 1. The minimum Gasteiger partial charge on any atom is -0.469 e. The first-order chi connectivity index (χ1) is 6.11. The predicted molar refractivity (Wildman–Crippen MR) is 52.5 cm³/mol. The Morgan fingerprint density at radius 3 is 2.77 bits per heavy atom. The molecule has 0 spiro atoms. The Balaban J connectivity index is 2.92. The van der Waals surface area contributed by atoms with E-state index in [-0.39, 0.29) is 17.9 Å². The van der Waals surface area contributed by atoms with Crippen LogP contribution in [0.1, 0.15) is 25.5 Å². The van der Waals surface area contributed by atoms with Gasteiger partial charge in [-0.1, -0.05) is 19.9 Å². The van der Waals surface area contributed by atoms with Crippen molar-refractivity contribution >= 4 is 0 Å². The summed E-state index contributed by atoms with van der Waals surface area (Å²) in [5, 5.41) is 9.26. The van der Waals surface area contributed by atoms with Gasteiger partial charge in [-0.25, -0.2) is 0 Å². The lowest BCUT2D eigenvalue weighted by molar-refractivity contribution is 0.186. The Hall–Kier alpha value is -1.02. The van der Waals surface area contributed by atoms with Crippen LogP contribution in [0.3, 0.4) is 0 Å². The van der Waals surface area contributed by atoms with Gasteiger partial charge in [0.05, 0.1) is 12.9 Å². The molecule has 1 rings (SSSR count). The molecule has 0 radical (unpaired) electrons. The van der Waals surface area contributed by atoms with Crippen LogP contribution in [-0.2, 0) is 0 Å². The zero-order valence-electron chi connectivity index (χ0n) is 8.16.